The molecule has 0 heterocycles. The Hall–Kier alpha value is -1.81. The minimum absolute atomic E-state index is 0.0514. The lowest BCUT2D eigenvalue weighted by Gasteiger charge is -2.18. The third-order valence-corrected chi connectivity index (χ3v) is 6.14. The molecule has 0 bridgehead atoms. The van der Waals surface area contributed by atoms with E-state index in [0.29, 0.717) is 15.6 Å². The van der Waals surface area contributed by atoms with Crippen LogP contribution >= 0.6 is 35.0 Å². The van der Waals surface area contributed by atoms with Gasteiger partial charge in [0, 0.05) is 22.1 Å². The van der Waals surface area contributed by atoms with E-state index in [9.17, 15) is 9.18 Å². The lowest BCUT2D eigenvalue weighted by Crippen LogP contribution is -2.05. The third-order valence-electron chi connectivity index (χ3n) is 3.89. The predicted octanol–water partition coefficient (Wildman–Crippen LogP) is 7.24. The zero-order valence-corrected chi connectivity index (χ0v) is 16.0. The van der Waals surface area contributed by atoms with Gasteiger partial charge in [-0.05, 0) is 42.0 Å². The first-order valence-corrected chi connectivity index (χ1v) is 9.62. The molecule has 0 amide bonds. The number of thioether (sulfide) groups is 1. The van der Waals surface area contributed by atoms with E-state index in [1.807, 2.05) is 42.5 Å². The van der Waals surface area contributed by atoms with Crippen molar-refractivity contribution in [3.05, 3.63) is 99.8 Å². The van der Waals surface area contributed by atoms with Crippen LogP contribution in [0.15, 0.2) is 77.7 Å². The van der Waals surface area contributed by atoms with Gasteiger partial charge in [0.2, 0.25) is 0 Å². The van der Waals surface area contributed by atoms with Gasteiger partial charge in [-0.3, -0.25) is 4.79 Å². The second-order valence-electron chi connectivity index (χ2n) is 5.70. The molecule has 132 valence electrons. The minimum Gasteiger partial charge on any atom is -0.294 e. The molecule has 3 aromatic carbocycles. The van der Waals surface area contributed by atoms with E-state index in [-0.39, 0.29) is 23.3 Å². The maximum absolute atomic E-state index is 13.1. The molecular weight excluding hydrogens is 390 g/mol. The molecule has 0 saturated heterocycles. The molecule has 0 spiro atoms. The Kier molecular flexibility index (Phi) is 6.36. The zero-order chi connectivity index (χ0) is 18.5. The number of carbonyl (C=O) groups is 1. The van der Waals surface area contributed by atoms with E-state index in [4.69, 9.17) is 23.2 Å². The number of hydrogen-bond donors (Lipinski definition) is 0. The van der Waals surface area contributed by atoms with Crippen LogP contribution in [0, 0.1) is 5.82 Å². The molecule has 0 aliphatic carbocycles. The van der Waals surface area contributed by atoms with E-state index < -0.39 is 0 Å². The molecule has 0 aromatic heterocycles. The van der Waals surface area contributed by atoms with Crippen LogP contribution in [0.2, 0.25) is 10.0 Å². The van der Waals surface area contributed by atoms with Gasteiger partial charge < -0.3 is 0 Å². The quantitative estimate of drug-likeness (QED) is 0.318. The van der Waals surface area contributed by atoms with Gasteiger partial charge in [0.05, 0.1) is 10.0 Å². The third kappa shape index (κ3) is 4.67. The molecule has 1 atom stereocenters. The van der Waals surface area contributed by atoms with Crippen LogP contribution in [0.3, 0.4) is 0 Å². The standard InChI is InChI=1S/C21H15Cl2FOS/c22-17-7-4-8-19(21(17)23)26-20(15-5-2-1-3-6-15)13-18(25)14-9-11-16(24)12-10-14/h1-12,20H,13H2/t20-/m0/s1. The average Bonchev–Trinajstić information content (AvgIpc) is 2.66. The Bertz CT molecular complexity index is 898. The number of carbonyl (C=O) groups excluding carboxylic acids is 1. The Morgan fingerprint density at radius 3 is 2.31 bits per heavy atom. The number of Topliss-reactive ketones (excluding diaryl/α,β-unsaturated/α-hetero) is 1. The summed E-state index contributed by atoms with van der Waals surface area (Å²) in [4.78, 5) is 13.5. The molecule has 0 aliphatic heterocycles. The van der Waals surface area contributed by atoms with Gasteiger partial charge in [0.25, 0.3) is 0 Å². The molecule has 1 nitrogen and oxygen atoms in total. The van der Waals surface area contributed by atoms with Crippen LogP contribution in [-0.2, 0) is 0 Å². The van der Waals surface area contributed by atoms with Crippen LogP contribution < -0.4 is 0 Å². The van der Waals surface area contributed by atoms with Crippen LogP contribution in [0.4, 0.5) is 4.39 Å². The number of ketones is 1. The zero-order valence-electron chi connectivity index (χ0n) is 13.7. The van der Waals surface area contributed by atoms with Crippen molar-refractivity contribution in [2.45, 2.75) is 16.6 Å². The smallest absolute Gasteiger partial charge is 0.164 e. The van der Waals surface area contributed by atoms with Crippen LogP contribution in [0.1, 0.15) is 27.6 Å². The number of halogens is 3. The normalized spacial score (nSPS) is 12.0. The number of hydrogen-bond acceptors (Lipinski definition) is 2. The highest BCUT2D eigenvalue weighted by Gasteiger charge is 2.20. The number of rotatable bonds is 6. The van der Waals surface area contributed by atoms with Crippen molar-refractivity contribution in [1.29, 1.82) is 0 Å². The molecule has 0 saturated carbocycles. The Labute approximate surface area is 166 Å². The first kappa shape index (κ1) is 19.0. The lowest BCUT2D eigenvalue weighted by atomic mass is 10.0. The van der Waals surface area contributed by atoms with Crippen LogP contribution in [0.5, 0.6) is 0 Å². The van der Waals surface area contributed by atoms with Gasteiger partial charge in [-0.15, -0.1) is 11.8 Å². The average molecular weight is 405 g/mol. The molecule has 0 N–H and O–H groups in total. The minimum atomic E-state index is -0.360. The van der Waals surface area contributed by atoms with E-state index in [0.717, 1.165) is 10.5 Å². The fourth-order valence-corrected chi connectivity index (χ4v) is 4.24. The highest BCUT2D eigenvalue weighted by atomic mass is 35.5. The van der Waals surface area contributed by atoms with E-state index in [1.54, 1.807) is 6.07 Å². The molecule has 5 heteroatoms. The highest BCUT2D eigenvalue weighted by molar-refractivity contribution is 7.99. The summed E-state index contributed by atoms with van der Waals surface area (Å²) in [5, 5.41) is 0.826. The van der Waals surface area contributed by atoms with Crippen LogP contribution in [0.25, 0.3) is 0 Å². The summed E-state index contributed by atoms with van der Waals surface area (Å²) in [6, 6.07) is 20.8. The molecule has 26 heavy (non-hydrogen) atoms. The summed E-state index contributed by atoms with van der Waals surface area (Å²) in [6.07, 6.45) is 0.267. The second kappa shape index (κ2) is 8.72. The van der Waals surface area contributed by atoms with Crippen molar-refractivity contribution in [1.82, 2.24) is 0 Å². The van der Waals surface area contributed by atoms with Crippen molar-refractivity contribution >= 4 is 40.7 Å². The molecule has 3 aromatic rings. The largest absolute Gasteiger partial charge is 0.294 e. The molecule has 0 aliphatic rings. The lowest BCUT2D eigenvalue weighted by molar-refractivity contribution is 0.0982. The fraction of sp³-hybridized carbons (Fsp3) is 0.0952. The SMILES string of the molecule is O=C(C[C@H](Sc1cccc(Cl)c1Cl)c1ccccc1)c1ccc(F)cc1. The van der Waals surface area contributed by atoms with Gasteiger partial charge in [-0.25, -0.2) is 4.39 Å². The van der Waals surface area contributed by atoms with Crippen molar-refractivity contribution in [2.24, 2.45) is 0 Å². The summed E-state index contributed by atoms with van der Waals surface area (Å²) in [5.41, 5.74) is 1.51. The van der Waals surface area contributed by atoms with Gasteiger partial charge in [0.1, 0.15) is 5.82 Å². The van der Waals surface area contributed by atoms with Gasteiger partial charge >= 0.3 is 0 Å². The second-order valence-corrected chi connectivity index (χ2v) is 7.73. The highest BCUT2D eigenvalue weighted by Crippen LogP contribution is 2.43. The maximum atomic E-state index is 13.1. The summed E-state index contributed by atoms with van der Waals surface area (Å²) >= 11 is 13.9. The molecular formula is C21H15Cl2FOS. The van der Waals surface area contributed by atoms with Crippen LogP contribution in [-0.4, -0.2) is 5.78 Å². The van der Waals surface area contributed by atoms with Crippen molar-refractivity contribution in [2.75, 3.05) is 0 Å². The first-order valence-electron chi connectivity index (χ1n) is 7.99. The maximum Gasteiger partial charge on any atom is 0.164 e. The summed E-state index contributed by atoms with van der Waals surface area (Å²) < 4.78 is 13.1. The van der Waals surface area contributed by atoms with Crippen molar-refractivity contribution in [3.8, 4) is 0 Å². The molecule has 0 radical (unpaired) electrons. The molecule has 3 rings (SSSR count). The Morgan fingerprint density at radius 1 is 0.923 bits per heavy atom. The summed E-state index contributed by atoms with van der Waals surface area (Å²) in [5.74, 6) is -0.411. The molecule has 0 fully saturated rings. The van der Waals surface area contributed by atoms with Gasteiger partial charge in [-0.2, -0.15) is 0 Å². The van der Waals surface area contributed by atoms with E-state index in [2.05, 4.69) is 0 Å². The molecule has 0 unspecified atom stereocenters. The predicted molar refractivity (Wildman–Crippen MR) is 107 cm³/mol. The summed E-state index contributed by atoms with van der Waals surface area (Å²) in [7, 11) is 0. The van der Waals surface area contributed by atoms with E-state index >= 15 is 0 Å². The van der Waals surface area contributed by atoms with Gasteiger partial charge in [0.15, 0.2) is 5.78 Å². The van der Waals surface area contributed by atoms with Crippen molar-refractivity contribution in [3.63, 3.8) is 0 Å². The Morgan fingerprint density at radius 2 is 1.62 bits per heavy atom. The monoisotopic (exact) mass is 404 g/mol. The van der Waals surface area contributed by atoms with E-state index in [1.165, 1.54) is 36.0 Å². The van der Waals surface area contributed by atoms with Crippen molar-refractivity contribution < 1.29 is 9.18 Å². The Balaban J connectivity index is 1.87. The van der Waals surface area contributed by atoms with Gasteiger partial charge in [-0.1, -0.05) is 59.6 Å². The number of benzene rings is 3. The fourth-order valence-electron chi connectivity index (χ4n) is 2.55. The summed E-state index contributed by atoms with van der Waals surface area (Å²) in [6.45, 7) is 0. The topological polar surface area (TPSA) is 17.1 Å². The first-order chi connectivity index (χ1) is 12.5.